The Morgan fingerprint density at radius 3 is 2.30 bits per heavy atom. The number of nitrogens with zero attached hydrogens (tertiary/aromatic N) is 1. The zero-order chi connectivity index (χ0) is 20.9. The molecule has 2 unspecified atom stereocenters. The lowest BCUT2D eigenvalue weighted by molar-refractivity contribution is -0.153. The molecule has 6 rings (SSSR count). The van der Waals surface area contributed by atoms with Gasteiger partial charge < -0.3 is 14.4 Å². The molecule has 1 saturated heterocycles. The van der Waals surface area contributed by atoms with Crippen molar-refractivity contribution in [1.29, 1.82) is 0 Å². The minimum Gasteiger partial charge on any atom is -0.485 e. The van der Waals surface area contributed by atoms with Gasteiger partial charge in [0.2, 0.25) is 5.91 Å². The SMILES string of the molecule is COC(=O)C1CC(Oc2ccccc2F)CN1C(=O)CC12CC3CC(CC(C3)C1)C2. The molecule has 0 radical (unpaired) electrons. The highest BCUT2D eigenvalue weighted by atomic mass is 19.1. The van der Waals surface area contributed by atoms with Crippen LogP contribution in [0.15, 0.2) is 24.3 Å². The quantitative estimate of drug-likeness (QED) is 0.684. The van der Waals surface area contributed by atoms with Crippen LogP contribution < -0.4 is 4.74 Å². The molecule has 0 aromatic heterocycles. The summed E-state index contributed by atoms with van der Waals surface area (Å²) in [5.41, 5.74) is 0.108. The Morgan fingerprint density at radius 2 is 1.70 bits per heavy atom. The van der Waals surface area contributed by atoms with Gasteiger partial charge in [-0.05, 0) is 73.8 Å². The molecule has 0 N–H and O–H groups in total. The van der Waals surface area contributed by atoms with Crippen molar-refractivity contribution in [2.24, 2.45) is 23.2 Å². The largest absolute Gasteiger partial charge is 0.485 e. The third-order valence-electron chi connectivity index (χ3n) is 7.88. The minimum absolute atomic E-state index is 0.0204. The van der Waals surface area contributed by atoms with Gasteiger partial charge in [-0.1, -0.05) is 12.1 Å². The second kappa shape index (κ2) is 7.54. The van der Waals surface area contributed by atoms with Crippen LogP contribution in [0.25, 0.3) is 0 Å². The fourth-order valence-electron chi connectivity index (χ4n) is 7.17. The van der Waals surface area contributed by atoms with Crippen molar-refractivity contribution in [3.63, 3.8) is 0 Å². The third kappa shape index (κ3) is 3.58. The molecule has 1 aromatic rings. The third-order valence-corrected chi connectivity index (χ3v) is 7.88. The number of carbonyl (C=O) groups excluding carboxylic acids is 2. The number of likely N-dealkylation sites (tertiary alicyclic amines) is 1. The molecule has 5 aliphatic rings. The summed E-state index contributed by atoms with van der Waals surface area (Å²) >= 11 is 0. The molecule has 4 saturated carbocycles. The van der Waals surface area contributed by atoms with Crippen LogP contribution in [0, 0.1) is 29.0 Å². The van der Waals surface area contributed by atoms with Crippen molar-refractivity contribution in [2.75, 3.05) is 13.7 Å². The van der Waals surface area contributed by atoms with E-state index in [1.807, 2.05) is 0 Å². The maximum atomic E-state index is 14.0. The molecule has 5 fully saturated rings. The number of halogens is 1. The summed E-state index contributed by atoms with van der Waals surface area (Å²) in [5.74, 6) is 1.64. The van der Waals surface area contributed by atoms with Crippen molar-refractivity contribution < 1.29 is 23.5 Å². The number of amides is 1. The lowest BCUT2D eigenvalue weighted by Gasteiger charge is -2.57. The Hall–Kier alpha value is -2.11. The number of hydrogen-bond acceptors (Lipinski definition) is 4. The monoisotopic (exact) mass is 415 g/mol. The molecule has 1 aromatic carbocycles. The molecule has 1 heterocycles. The van der Waals surface area contributed by atoms with E-state index in [9.17, 15) is 14.0 Å². The number of hydrogen-bond donors (Lipinski definition) is 0. The van der Waals surface area contributed by atoms with Crippen LogP contribution in [0.4, 0.5) is 4.39 Å². The highest BCUT2D eigenvalue weighted by Gasteiger charge is 2.53. The van der Waals surface area contributed by atoms with E-state index >= 15 is 0 Å². The maximum Gasteiger partial charge on any atom is 0.328 e. The number of para-hydroxylation sites is 1. The van der Waals surface area contributed by atoms with E-state index in [0.717, 1.165) is 37.0 Å². The first-order chi connectivity index (χ1) is 14.4. The van der Waals surface area contributed by atoms with Crippen molar-refractivity contribution in [3.05, 3.63) is 30.1 Å². The van der Waals surface area contributed by atoms with E-state index in [0.29, 0.717) is 19.4 Å². The number of methoxy groups -OCH3 is 1. The number of rotatable bonds is 5. The standard InChI is InChI=1S/C24H30FNO4/c1-29-23(28)20-9-18(30-21-5-3-2-4-19(21)25)14-26(20)22(27)13-24-10-15-6-16(11-24)8-17(7-15)12-24/h2-5,15-18,20H,6-14H2,1H3. The number of esters is 1. The number of carbonyl (C=O) groups is 2. The molecular weight excluding hydrogens is 385 g/mol. The van der Waals surface area contributed by atoms with Gasteiger partial charge in [0.1, 0.15) is 12.1 Å². The highest BCUT2D eigenvalue weighted by molar-refractivity contribution is 5.85. The normalized spacial score (nSPS) is 36.7. The first-order valence-corrected chi connectivity index (χ1v) is 11.2. The Morgan fingerprint density at radius 1 is 1.07 bits per heavy atom. The van der Waals surface area contributed by atoms with Gasteiger partial charge in [0, 0.05) is 12.8 Å². The predicted octanol–water partition coefficient (Wildman–Crippen LogP) is 3.95. The Labute approximate surface area is 176 Å². The van der Waals surface area contributed by atoms with Gasteiger partial charge >= 0.3 is 5.97 Å². The highest BCUT2D eigenvalue weighted by Crippen LogP contribution is 2.61. The smallest absolute Gasteiger partial charge is 0.328 e. The first-order valence-electron chi connectivity index (χ1n) is 11.2. The van der Waals surface area contributed by atoms with E-state index in [-0.39, 0.29) is 17.1 Å². The molecule has 30 heavy (non-hydrogen) atoms. The van der Waals surface area contributed by atoms with Gasteiger partial charge in [0.25, 0.3) is 0 Å². The van der Waals surface area contributed by atoms with Crippen LogP contribution in [0.2, 0.25) is 0 Å². The van der Waals surface area contributed by atoms with Crippen molar-refractivity contribution in [3.8, 4) is 5.75 Å². The van der Waals surface area contributed by atoms with Gasteiger partial charge in [-0.2, -0.15) is 0 Å². The van der Waals surface area contributed by atoms with E-state index in [2.05, 4.69) is 0 Å². The summed E-state index contributed by atoms with van der Waals surface area (Å²) in [6.45, 7) is 0.291. The summed E-state index contributed by atoms with van der Waals surface area (Å²) in [6, 6.07) is 5.57. The second-order valence-electron chi connectivity index (χ2n) is 10.1. The number of ether oxygens (including phenoxy) is 2. The Balaban J connectivity index is 1.31. The molecule has 5 nitrogen and oxygen atoms in total. The van der Waals surface area contributed by atoms with E-state index in [1.165, 1.54) is 32.4 Å². The fraction of sp³-hybridized carbons (Fsp3) is 0.667. The van der Waals surface area contributed by atoms with Crippen LogP contribution in [0.5, 0.6) is 5.75 Å². The summed E-state index contributed by atoms with van der Waals surface area (Å²) in [7, 11) is 1.34. The van der Waals surface area contributed by atoms with Gasteiger partial charge in [-0.15, -0.1) is 0 Å². The van der Waals surface area contributed by atoms with Gasteiger partial charge in [-0.25, -0.2) is 9.18 Å². The Kier molecular flexibility index (Phi) is 4.98. The van der Waals surface area contributed by atoms with E-state index in [4.69, 9.17) is 9.47 Å². The molecule has 0 spiro atoms. The Bertz CT molecular complexity index is 805. The molecule has 6 heteroatoms. The van der Waals surface area contributed by atoms with Gasteiger partial charge in [0.05, 0.1) is 13.7 Å². The van der Waals surface area contributed by atoms with Crippen LogP contribution in [0.3, 0.4) is 0 Å². The molecule has 2 atom stereocenters. The van der Waals surface area contributed by atoms with E-state index in [1.54, 1.807) is 23.1 Å². The summed E-state index contributed by atoms with van der Waals surface area (Å²) < 4.78 is 24.8. The average molecular weight is 416 g/mol. The second-order valence-corrected chi connectivity index (χ2v) is 10.1. The van der Waals surface area contributed by atoms with Crippen molar-refractivity contribution >= 4 is 11.9 Å². The van der Waals surface area contributed by atoms with Crippen LogP contribution >= 0.6 is 0 Å². The van der Waals surface area contributed by atoms with Crippen molar-refractivity contribution in [1.82, 2.24) is 4.90 Å². The summed E-state index contributed by atoms with van der Waals surface area (Å²) in [4.78, 5) is 27.5. The number of benzene rings is 1. The molecule has 1 amide bonds. The molecule has 162 valence electrons. The fourth-order valence-corrected chi connectivity index (χ4v) is 7.17. The van der Waals surface area contributed by atoms with Crippen LogP contribution in [-0.4, -0.2) is 42.6 Å². The lowest BCUT2D eigenvalue weighted by atomic mass is 9.49. The topological polar surface area (TPSA) is 55.8 Å². The van der Waals surface area contributed by atoms with Gasteiger partial charge in [0.15, 0.2) is 11.6 Å². The lowest BCUT2D eigenvalue weighted by Crippen LogP contribution is -2.49. The molecular formula is C24H30FNO4. The average Bonchev–Trinajstić information content (AvgIpc) is 3.12. The van der Waals surface area contributed by atoms with Crippen LogP contribution in [-0.2, 0) is 14.3 Å². The summed E-state index contributed by atoms with van der Waals surface area (Å²) in [6.07, 6.45) is 7.86. The zero-order valence-corrected chi connectivity index (χ0v) is 17.5. The van der Waals surface area contributed by atoms with E-state index < -0.39 is 23.9 Å². The zero-order valence-electron chi connectivity index (χ0n) is 17.5. The predicted molar refractivity (Wildman–Crippen MR) is 108 cm³/mol. The van der Waals surface area contributed by atoms with Crippen molar-refractivity contribution in [2.45, 2.75) is 63.5 Å². The molecule has 4 aliphatic carbocycles. The first kappa shape index (κ1) is 19.8. The minimum atomic E-state index is -0.659. The van der Waals surface area contributed by atoms with Crippen LogP contribution in [0.1, 0.15) is 51.4 Å². The van der Waals surface area contributed by atoms with Gasteiger partial charge in [-0.3, -0.25) is 4.79 Å². The maximum absolute atomic E-state index is 14.0. The molecule has 1 aliphatic heterocycles. The summed E-state index contributed by atoms with van der Waals surface area (Å²) in [5, 5.41) is 0. The molecule has 4 bridgehead atoms.